The van der Waals surface area contributed by atoms with Crippen molar-refractivity contribution in [2.45, 2.75) is 6.36 Å². The molecule has 0 fully saturated rings. The van der Waals surface area contributed by atoms with Gasteiger partial charge in [0, 0.05) is 6.07 Å². The zero-order chi connectivity index (χ0) is 10.2. The lowest BCUT2D eigenvalue weighted by molar-refractivity contribution is -0.274. The summed E-state index contributed by atoms with van der Waals surface area (Å²) in [6.07, 6.45) is -4.69. The molecule has 1 aromatic carbocycles. The van der Waals surface area contributed by atoms with Gasteiger partial charge < -0.3 is 4.74 Å². The van der Waals surface area contributed by atoms with Crippen molar-refractivity contribution in [2.24, 2.45) is 0 Å². The molecule has 0 saturated carbocycles. The Labute approximate surface area is 80.9 Å². The second kappa shape index (κ2) is 3.13. The van der Waals surface area contributed by atoms with E-state index in [1.807, 2.05) is 0 Å². The predicted molar refractivity (Wildman–Crippen MR) is 45.1 cm³/mol. The molecule has 0 unspecified atom stereocenters. The molecule has 2 aromatic rings. The Morgan fingerprint density at radius 1 is 1.43 bits per heavy atom. The normalized spacial score (nSPS) is 11.9. The van der Waals surface area contributed by atoms with Crippen LogP contribution in [0.5, 0.6) is 5.19 Å². The Morgan fingerprint density at radius 2 is 2.21 bits per heavy atom. The summed E-state index contributed by atoms with van der Waals surface area (Å²) in [5.74, 6) is 0. The van der Waals surface area contributed by atoms with Crippen LogP contribution in [0.15, 0.2) is 18.2 Å². The second-order valence-electron chi connectivity index (χ2n) is 2.41. The highest BCUT2D eigenvalue weighted by molar-refractivity contribution is 7.20. The lowest BCUT2D eigenvalue weighted by atomic mass is 10.3. The van der Waals surface area contributed by atoms with Crippen molar-refractivity contribution in [1.82, 2.24) is 4.98 Å². The molecule has 1 radical (unpaired) electrons. The van der Waals surface area contributed by atoms with Crippen LogP contribution in [0.3, 0.4) is 0 Å². The van der Waals surface area contributed by atoms with Gasteiger partial charge in [-0.05, 0) is 6.07 Å². The van der Waals surface area contributed by atoms with Crippen molar-refractivity contribution >= 4 is 21.6 Å². The molecule has 14 heavy (non-hydrogen) atoms. The maximum atomic E-state index is 11.8. The van der Waals surface area contributed by atoms with Gasteiger partial charge >= 0.3 is 6.36 Å². The Bertz CT molecular complexity index is 418. The molecular formula is C8H3F3NOS. The van der Waals surface area contributed by atoms with E-state index in [4.69, 9.17) is 0 Å². The highest BCUT2D eigenvalue weighted by Crippen LogP contribution is 2.31. The fourth-order valence-corrected chi connectivity index (χ4v) is 1.74. The maximum Gasteiger partial charge on any atom is 0.574 e. The average Bonchev–Trinajstić information content (AvgIpc) is 2.42. The van der Waals surface area contributed by atoms with E-state index >= 15 is 0 Å². The van der Waals surface area contributed by atoms with Crippen molar-refractivity contribution in [2.75, 3.05) is 0 Å². The first-order chi connectivity index (χ1) is 6.54. The molecule has 2 nitrogen and oxygen atoms in total. The van der Waals surface area contributed by atoms with Crippen LogP contribution < -0.4 is 4.74 Å². The summed E-state index contributed by atoms with van der Waals surface area (Å²) in [5.41, 5.74) is 0.386. The SMILES string of the molecule is FC(F)(F)Oc1nc2[c]cccc2s1. The number of hydrogen-bond donors (Lipinski definition) is 0. The first-order valence-corrected chi connectivity index (χ1v) is 4.39. The number of benzene rings is 1. The number of ether oxygens (including phenoxy) is 1. The van der Waals surface area contributed by atoms with Gasteiger partial charge in [0.2, 0.25) is 0 Å². The van der Waals surface area contributed by atoms with E-state index in [-0.39, 0.29) is 0 Å². The molecule has 0 atom stereocenters. The van der Waals surface area contributed by atoms with Crippen molar-refractivity contribution in [3.05, 3.63) is 24.3 Å². The third kappa shape index (κ3) is 1.95. The summed E-state index contributed by atoms with van der Waals surface area (Å²) in [6.45, 7) is 0. The van der Waals surface area contributed by atoms with Crippen LogP contribution in [0.1, 0.15) is 0 Å². The van der Waals surface area contributed by atoms with E-state index in [1.165, 1.54) is 0 Å². The Hall–Kier alpha value is -1.30. The van der Waals surface area contributed by atoms with Gasteiger partial charge in [0.05, 0.1) is 10.2 Å². The van der Waals surface area contributed by atoms with Crippen LogP contribution in [0, 0.1) is 6.07 Å². The van der Waals surface area contributed by atoms with Crippen LogP contribution in [-0.4, -0.2) is 11.3 Å². The van der Waals surface area contributed by atoms with Crippen LogP contribution in [0.2, 0.25) is 0 Å². The first-order valence-electron chi connectivity index (χ1n) is 3.57. The summed E-state index contributed by atoms with van der Waals surface area (Å²) >= 11 is 0.840. The van der Waals surface area contributed by atoms with Gasteiger partial charge in [0.25, 0.3) is 5.19 Å². The molecule has 2 rings (SSSR count). The summed E-state index contributed by atoms with van der Waals surface area (Å²) in [7, 11) is 0. The number of fused-ring (bicyclic) bond motifs is 1. The number of aromatic nitrogens is 1. The Kier molecular flexibility index (Phi) is 2.07. The van der Waals surface area contributed by atoms with Gasteiger partial charge in [-0.1, -0.05) is 23.5 Å². The molecule has 1 aromatic heterocycles. The molecule has 6 heteroatoms. The molecule has 0 N–H and O–H groups in total. The van der Waals surface area contributed by atoms with Crippen molar-refractivity contribution < 1.29 is 17.9 Å². The molecule has 0 saturated heterocycles. The molecule has 0 spiro atoms. The second-order valence-corrected chi connectivity index (χ2v) is 3.40. The van der Waals surface area contributed by atoms with Crippen molar-refractivity contribution in [3.8, 4) is 5.19 Å². The maximum absolute atomic E-state index is 11.8. The number of alkyl halides is 3. The fraction of sp³-hybridized carbons (Fsp3) is 0.125. The molecule has 0 bridgehead atoms. The number of rotatable bonds is 1. The molecule has 0 aliphatic carbocycles. The highest BCUT2D eigenvalue weighted by atomic mass is 32.1. The lowest BCUT2D eigenvalue weighted by Crippen LogP contribution is -2.16. The third-order valence-corrected chi connectivity index (χ3v) is 2.30. The third-order valence-electron chi connectivity index (χ3n) is 1.40. The molecule has 73 valence electrons. The van der Waals surface area contributed by atoms with E-state index in [0.717, 1.165) is 11.3 Å². The number of halogens is 3. The predicted octanol–water partition coefficient (Wildman–Crippen LogP) is 3.00. The zero-order valence-electron chi connectivity index (χ0n) is 6.63. The van der Waals surface area contributed by atoms with E-state index in [1.54, 1.807) is 18.2 Å². The number of thiazole rings is 1. The van der Waals surface area contributed by atoms with Crippen LogP contribution in [0.25, 0.3) is 10.2 Å². The molecule has 0 aliphatic rings. The van der Waals surface area contributed by atoms with E-state index in [2.05, 4.69) is 15.8 Å². The monoisotopic (exact) mass is 218 g/mol. The Balaban J connectivity index is 2.36. The topological polar surface area (TPSA) is 22.1 Å². The van der Waals surface area contributed by atoms with Gasteiger partial charge in [-0.2, -0.15) is 0 Å². The van der Waals surface area contributed by atoms with Crippen LogP contribution >= 0.6 is 11.3 Å². The number of para-hydroxylation sites is 1. The summed E-state index contributed by atoms with van der Waals surface area (Å²) in [4.78, 5) is 3.62. The van der Waals surface area contributed by atoms with Gasteiger partial charge in [-0.3, -0.25) is 0 Å². The molecular weight excluding hydrogens is 215 g/mol. The van der Waals surface area contributed by atoms with Crippen molar-refractivity contribution in [3.63, 3.8) is 0 Å². The van der Waals surface area contributed by atoms with Crippen molar-refractivity contribution in [1.29, 1.82) is 0 Å². The minimum atomic E-state index is -4.69. The fourth-order valence-electron chi connectivity index (χ4n) is 0.933. The lowest BCUT2D eigenvalue weighted by Gasteiger charge is -2.03. The zero-order valence-corrected chi connectivity index (χ0v) is 7.45. The number of hydrogen-bond acceptors (Lipinski definition) is 3. The van der Waals surface area contributed by atoms with E-state index < -0.39 is 11.6 Å². The van der Waals surface area contributed by atoms with Gasteiger partial charge in [0.15, 0.2) is 0 Å². The van der Waals surface area contributed by atoms with Gasteiger partial charge in [-0.15, -0.1) is 13.2 Å². The smallest absolute Gasteiger partial charge is 0.378 e. The largest absolute Gasteiger partial charge is 0.574 e. The van der Waals surface area contributed by atoms with Crippen LogP contribution in [0.4, 0.5) is 13.2 Å². The van der Waals surface area contributed by atoms with Crippen LogP contribution in [-0.2, 0) is 0 Å². The standard InChI is InChI=1S/C8H3F3NOS/c9-8(10,11)13-7-12-5-3-1-2-4-6(5)14-7/h1-2,4H. The summed E-state index contributed by atoms with van der Waals surface area (Å²) in [5, 5.41) is -0.407. The summed E-state index contributed by atoms with van der Waals surface area (Å²) < 4.78 is 39.7. The molecule has 0 amide bonds. The molecule has 1 heterocycles. The first kappa shape index (κ1) is 9.26. The van der Waals surface area contributed by atoms with Gasteiger partial charge in [-0.25, -0.2) is 4.98 Å². The van der Waals surface area contributed by atoms with E-state index in [9.17, 15) is 13.2 Å². The minimum Gasteiger partial charge on any atom is -0.378 e. The highest BCUT2D eigenvalue weighted by Gasteiger charge is 2.32. The minimum absolute atomic E-state index is 0.386. The molecule has 0 aliphatic heterocycles. The van der Waals surface area contributed by atoms with Gasteiger partial charge in [0.1, 0.15) is 0 Å². The summed E-state index contributed by atoms with van der Waals surface area (Å²) in [6, 6.07) is 7.63. The average molecular weight is 218 g/mol. The van der Waals surface area contributed by atoms with E-state index in [0.29, 0.717) is 10.2 Å². The number of nitrogens with zero attached hydrogens (tertiary/aromatic N) is 1. The Morgan fingerprint density at radius 3 is 2.86 bits per heavy atom. The quantitative estimate of drug-likeness (QED) is 0.734.